The van der Waals surface area contributed by atoms with Crippen LogP contribution in [0.5, 0.6) is 0 Å². The summed E-state index contributed by atoms with van der Waals surface area (Å²) in [5, 5.41) is 12.2. The fourth-order valence-electron chi connectivity index (χ4n) is 3.02. The second kappa shape index (κ2) is 7.16. The van der Waals surface area contributed by atoms with Gasteiger partial charge >= 0.3 is 11.7 Å². The van der Waals surface area contributed by atoms with E-state index in [0.717, 1.165) is 0 Å². The summed E-state index contributed by atoms with van der Waals surface area (Å²) in [6.07, 6.45) is 0. The van der Waals surface area contributed by atoms with Crippen LogP contribution in [0, 0.1) is 0 Å². The zero-order chi connectivity index (χ0) is 19.7. The molecule has 2 heterocycles. The third-order valence-corrected chi connectivity index (χ3v) is 4.33. The topological polar surface area (TPSA) is 131 Å². The number of imidazole rings is 1. The predicted octanol–water partition coefficient (Wildman–Crippen LogP) is -0.404. The van der Waals surface area contributed by atoms with Crippen molar-refractivity contribution in [3.63, 3.8) is 0 Å². The van der Waals surface area contributed by atoms with Crippen LogP contribution in [0.4, 0.5) is 11.4 Å². The summed E-state index contributed by atoms with van der Waals surface area (Å²) >= 11 is 0. The number of hydrogen-bond acceptors (Lipinski definition) is 7. The molecule has 0 unspecified atom stereocenters. The Morgan fingerprint density at radius 3 is 2.56 bits per heavy atom. The summed E-state index contributed by atoms with van der Waals surface area (Å²) in [6.45, 7) is -0.0584. The lowest BCUT2D eigenvalue weighted by Gasteiger charge is -2.20. The van der Waals surface area contributed by atoms with Crippen LogP contribution in [0.1, 0.15) is 0 Å². The van der Waals surface area contributed by atoms with Crippen LogP contribution in [-0.4, -0.2) is 72.8 Å². The summed E-state index contributed by atoms with van der Waals surface area (Å²) in [7, 11) is 4.89. The van der Waals surface area contributed by atoms with E-state index >= 15 is 0 Å². The highest BCUT2D eigenvalue weighted by Crippen LogP contribution is 2.31. The van der Waals surface area contributed by atoms with Gasteiger partial charge in [0, 0.05) is 20.6 Å². The van der Waals surface area contributed by atoms with Crippen molar-refractivity contribution in [1.82, 2.24) is 14.9 Å². The van der Waals surface area contributed by atoms with Crippen LogP contribution in [0.25, 0.3) is 11.0 Å². The average Bonchev–Trinajstić information content (AvgIpc) is 3.14. The number of esters is 1. The van der Waals surface area contributed by atoms with Crippen LogP contribution in [0.3, 0.4) is 0 Å². The number of nitrogens with one attached hydrogen (secondary N) is 3. The van der Waals surface area contributed by atoms with E-state index in [4.69, 9.17) is 9.84 Å². The van der Waals surface area contributed by atoms with Gasteiger partial charge in [-0.1, -0.05) is 0 Å². The van der Waals surface area contributed by atoms with Gasteiger partial charge in [0.25, 0.3) is 5.91 Å². The molecule has 0 saturated heterocycles. The van der Waals surface area contributed by atoms with Gasteiger partial charge in [0.05, 0.1) is 48.2 Å². The van der Waals surface area contributed by atoms with Gasteiger partial charge in [-0.05, 0) is 12.1 Å². The Morgan fingerprint density at radius 2 is 1.96 bits per heavy atom. The summed E-state index contributed by atoms with van der Waals surface area (Å²) in [5.74, 6) is -1.02. The van der Waals surface area contributed by atoms with Gasteiger partial charge in [-0.15, -0.1) is 0 Å². The molecule has 1 aliphatic rings. The first-order valence-corrected chi connectivity index (χ1v) is 8.27. The first-order chi connectivity index (χ1) is 12.8. The van der Waals surface area contributed by atoms with Crippen LogP contribution in [0.15, 0.2) is 28.2 Å². The van der Waals surface area contributed by atoms with Gasteiger partial charge in [-0.2, -0.15) is 0 Å². The molecule has 2 aromatic rings. The Morgan fingerprint density at radius 1 is 1.30 bits per heavy atom. The molecule has 1 aliphatic heterocycles. The fraction of sp³-hybridized carbons (Fsp3) is 0.353. The molecule has 4 N–H and O–H groups in total. The molecular formula is C17H21N5O5. The number of nitrogens with zero attached hydrogens (tertiary/aromatic N) is 2. The van der Waals surface area contributed by atoms with Gasteiger partial charge in [-0.3, -0.25) is 4.79 Å². The molecule has 27 heavy (non-hydrogen) atoms. The molecule has 0 bridgehead atoms. The van der Waals surface area contributed by atoms with Gasteiger partial charge in [0.2, 0.25) is 0 Å². The van der Waals surface area contributed by atoms with Gasteiger partial charge in [0.1, 0.15) is 5.70 Å². The smallest absolute Gasteiger partial charge is 0.337 e. The molecule has 10 heteroatoms. The fourth-order valence-corrected chi connectivity index (χ4v) is 3.02. The number of fused-ring (bicyclic) bond motifs is 1. The molecule has 10 nitrogen and oxygen atoms in total. The standard InChI is InChI=1S/C17H21N5O5/c1-21(2)13-7-11-10(19-17(26)20-11)6-12(13)18-14-9(16(25)27-3)8-22(4-5-23)15(14)24/h6-7,18,23H,4-5,8H2,1-3H3,(H2,19,20,26). The molecule has 1 aromatic heterocycles. The van der Waals surface area contributed by atoms with Crippen molar-refractivity contribution in [1.29, 1.82) is 0 Å². The first-order valence-electron chi connectivity index (χ1n) is 8.27. The molecule has 3 rings (SSSR count). The number of amides is 1. The van der Waals surface area contributed by atoms with Crippen LogP contribution < -0.4 is 15.9 Å². The van der Waals surface area contributed by atoms with E-state index in [1.54, 1.807) is 12.1 Å². The van der Waals surface area contributed by atoms with Gasteiger partial charge in [0.15, 0.2) is 0 Å². The van der Waals surface area contributed by atoms with Crippen LogP contribution in [0.2, 0.25) is 0 Å². The summed E-state index contributed by atoms with van der Waals surface area (Å²) < 4.78 is 4.79. The molecule has 0 saturated carbocycles. The molecule has 1 amide bonds. The molecule has 144 valence electrons. The van der Waals surface area contributed by atoms with E-state index in [0.29, 0.717) is 22.4 Å². The largest absolute Gasteiger partial charge is 0.466 e. The van der Waals surface area contributed by atoms with E-state index in [9.17, 15) is 14.4 Å². The number of ether oxygens (including phenoxy) is 1. The highest BCUT2D eigenvalue weighted by molar-refractivity contribution is 6.09. The number of benzene rings is 1. The summed E-state index contributed by atoms with van der Waals surface area (Å²) in [4.78, 5) is 44.9. The summed E-state index contributed by atoms with van der Waals surface area (Å²) in [6, 6.07) is 3.45. The van der Waals surface area contributed by atoms with E-state index in [1.807, 2.05) is 19.0 Å². The van der Waals surface area contributed by atoms with E-state index in [-0.39, 0.29) is 36.7 Å². The highest BCUT2D eigenvalue weighted by atomic mass is 16.5. The molecule has 1 aromatic carbocycles. The van der Waals surface area contributed by atoms with Crippen molar-refractivity contribution < 1.29 is 19.4 Å². The minimum atomic E-state index is -0.617. The predicted molar refractivity (Wildman–Crippen MR) is 99.6 cm³/mol. The summed E-state index contributed by atoms with van der Waals surface area (Å²) in [5.41, 5.74) is 2.37. The first kappa shape index (κ1) is 18.5. The number of carbonyl (C=O) groups is 2. The number of β-amino-alcohol motifs (C(OH)–C–C–N with tert-alkyl or cyclic N) is 1. The molecule has 0 fully saturated rings. The Balaban J connectivity index is 2.07. The monoisotopic (exact) mass is 375 g/mol. The number of hydrogen-bond donors (Lipinski definition) is 4. The number of aromatic nitrogens is 2. The molecule has 0 aliphatic carbocycles. The van der Waals surface area contributed by atoms with Crippen molar-refractivity contribution in [3.8, 4) is 0 Å². The van der Waals surface area contributed by atoms with E-state index in [2.05, 4.69) is 15.3 Å². The quantitative estimate of drug-likeness (QED) is 0.505. The second-order valence-corrected chi connectivity index (χ2v) is 6.31. The molecule has 0 radical (unpaired) electrons. The maximum Gasteiger partial charge on any atom is 0.337 e. The van der Waals surface area contributed by atoms with E-state index in [1.165, 1.54) is 12.0 Å². The minimum Gasteiger partial charge on any atom is -0.466 e. The SMILES string of the molecule is COC(=O)C1=C(Nc2cc3[nH]c(=O)[nH]c3cc2N(C)C)C(=O)N(CCO)C1. The van der Waals surface area contributed by atoms with Gasteiger partial charge < -0.3 is 34.9 Å². The van der Waals surface area contributed by atoms with Crippen molar-refractivity contribution in [3.05, 3.63) is 33.9 Å². The van der Waals surface area contributed by atoms with Crippen molar-refractivity contribution >= 4 is 34.3 Å². The van der Waals surface area contributed by atoms with E-state index < -0.39 is 11.9 Å². The lowest BCUT2D eigenvalue weighted by Crippen LogP contribution is -2.31. The molecular weight excluding hydrogens is 354 g/mol. The highest BCUT2D eigenvalue weighted by Gasteiger charge is 2.34. The number of anilines is 2. The Labute approximate surface area is 154 Å². The maximum atomic E-state index is 12.7. The number of aromatic amines is 2. The zero-order valence-corrected chi connectivity index (χ0v) is 15.3. The average molecular weight is 375 g/mol. The second-order valence-electron chi connectivity index (χ2n) is 6.31. The number of carbonyl (C=O) groups excluding carboxylic acids is 2. The number of methoxy groups -OCH3 is 1. The van der Waals surface area contributed by atoms with Gasteiger partial charge in [-0.25, -0.2) is 9.59 Å². The third kappa shape index (κ3) is 3.38. The lowest BCUT2D eigenvalue weighted by atomic mass is 10.2. The number of H-pyrrole nitrogens is 2. The lowest BCUT2D eigenvalue weighted by molar-refractivity contribution is -0.136. The van der Waals surface area contributed by atoms with Crippen LogP contribution in [-0.2, 0) is 14.3 Å². The van der Waals surface area contributed by atoms with Crippen molar-refractivity contribution in [2.45, 2.75) is 0 Å². The number of aliphatic hydroxyl groups excluding tert-OH is 1. The number of rotatable bonds is 6. The van der Waals surface area contributed by atoms with Crippen LogP contribution >= 0.6 is 0 Å². The third-order valence-electron chi connectivity index (χ3n) is 4.33. The molecule has 0 spiro atoms. The normalized spacial score (nSPS) is 14.2. The van der Waals surface area contributed by atoms with Crippen molar-refractivity contribution in [2.24, 2.45) is 0 Å². The Kier molecular flexibility index (Phi) is 4.91. The Bertz CT molecular complexity index is 987. The molecule has 0 atom stereocenters. The van der Waals surface area contributed by atoms with Crippen molar-refractivity contribution in [2.75, 3.05) is 51.1 Å². The Hall–Kier alpha value is -3.27. The minimum absolute atomic E-state index is 0.0505. The number of aliphatic hydroxyl groups is 1. The maximum absolute atomic E-state index is 12.7. The zero-order valence-electron chi connectivity index (χ0n) is 15.3.